The number of aryl methyl sites for hydroxylation is 2. The molecule has 0 radical (unpaired) electrons. The predicted octanol–water partition coefficient (Wildman–Crippen LogP) is 2.05. The van der Waals surface area contributed by atoms with Crippen molar-refractivity contribution in [1.29, 1.82) is 0 Å². The molecule has 0 aliphatic carbocycles. The number of phenols is 1. The number of fused-ring (bicyclic) bond motifs is 4. The van der Waals surface area contributed by atoms with Crippen LogP contribution in [0.2, 0.25) is 0 Å². The van der Waals surface area contributed by atoms with E-state index in [0.29, 0.717) is 41.1 Å². The van der Waals surface area contributed by atoms with Crippen LogP contribution in [-0.2, 0) is 11.8 Å². The molecule has 32 heavy (non-hydrogen) atoms. The molecule has 6 rings (SSSR count). The Morgan fingerprint density at radius 3 is 2.81 bits per heavy atom. The van der Waals surface area contributed by atoms with Gasteiger partial charge in [0.05, 0.1) is 35.2 Å². The Labute approximate surface area is 183 Å². The fourth-order valence-corrected chi connectivity index (χ4v) is 5.11. The van der Waals surface area contributed by atoms with Crippen molar-refractivity contribution in [3.63, 3.8) is 0 Å². The molecular formula is C23H24N6O3. The summed E-state index contributed by atoms with van der Waals surface area (Å²) in [5, 5.41) is 20.1. The Kier molecular flexibility index (Phi) is 4.31. The highest BCUT2D eigenvalue weighted by Gasteiger charge is 2.33. The molecule has 164 valence electrons. The van der Waals surface area contributed by atoms with Crippen LogP contribution in [0.15, 0.2) is 35.5 Å². The Balaban J connectivity index is 1.42. The van der Waals surface area contributed by atoms with E-state index < -0.39 is 0 Å². The molecule has 2 aliphatic heterocycles. The topological polar surface area (TPSA) is 107 Å². The zero-order valence-electron chi connectivity index (χ0n) is 17.9. The summed E-state index contributed by atoms with van der Waals surface area (Å²) in [6.45, 7) is 3.20. The lowest BCUT2D eigenvalue weighted by Gasteiger charge is -2.40. The highest BCUT2D eigenvalue weighted by molar-refractivity contribution is 5.90. The van der Waals surface area contributed by atoms with E-state index in [1.807, 2.05) is 43.1 Å². The molecule has 4 aromatic rings. The Hall–Kier alpha value is -3.30. The summed E-state index contributed by atoms with van der Waals surface area (Å²) in [4.78, 5) is 22.3. The van der Waals surface area contributed by atoms with E-state index >= 15 is 0 Å². The minimum atomic E-state index is -0.0805. The molecule has 0 saturated carbocycles. The number of nitrogens with one attached hydrogen (secondary N) is 1. The van der Waals surface area contributed by atoms with E-state index in [9.17, 15) is 9.90 Å². The lowest BCUT2D eigenvalue weighted by molar-refractivity contribution is 0.00975. The van der Waals surface area contributed by atoms with Gasteiger partial charge in [-0.1, -0.05) is 0 Å². The highest BCUT2D eigenvalue weighted by Crippen LogP contribution is 2.35. The molecule has 3 atom stereocenters. The summed E-state index contributed by atoms with van der Waals surface area (Å²) in [6, 6.07) is 4.39. The number of hydrogen-bond donors (Lipinski definition) is 2. The number of aromatic nitrogens is 5. The first kappa shape index (κ1) is 19.4. The molecule has 0 spiro atoms. The molecule has 9 nitrogen and oxygen atoms in total. The molecule has 9 heteroatoms. The van der Waals surface area contributed by atoms with Gasteiger partial charge >= 0.3 is 0 Å². The molecule has 2 bridgehead atoms. The van der Waals surface area contributed by atoms with Gasteiger partial charge in [-0.2, -0.15) is 5.10 Å². The zero-order valence-corrected chi connectivity index (χ0v) is 17.9. The average Bonchev–Trinajstić information content (AvgIpc) is 3.16. The Morgan fingerprint density at radius 2 is 2.03 bits per heavy atom. The molecular weight excluding hydrogens is 408 g/mol. The first-order chi connectivity index (χ1) is 15.5. The number of hydrogen-bond acceptors (Lipinski definition) is 7. The summed E-state index contributed by atoms with van der Waals surface area (Å²) in [7, 11) is 1.84. The number of morpholine rings is 1. The van der Waals surface area contributed by atoms with Crippen LogP contribution in [0.1, 0.15) is 24.4 Å². The van der Waals surface area contributed by atoms with E-state index in [0.717, 1.165) is 23.7 Å². The Bertz CT molecular complexity index is 1410. The van der Waals surface area contributed by atoms with Crippen molar-refractivity contribution in [2.24, 2.45) is 7.05 Å². The Morgan fingerprint density at radius 1 is 1.25 bits per heavy atom. The zero-order chi connectivity index (χ0) is 22.0. The molecule has 2 fully saturated rings. The van der Waals surface area contributed by atoms with Gasteiger partial charge in [0.25, 0.3) is 5.56 Å². The second-order valence-electron chi connectivity index (χ2n) is 8.88. The van der Waals surface area contributed by atoms with Gasteiger partial charge in [0.15, 0.2) is 5.82 Å². The third kappa shape index (κ3) is 3.00. The van der Waals surface area contributed by atoms with Gasteiger partial charge in [0.2, 0.25) is 0 Å². The van der Waals surface area contributed by atoms with Crippen LogP contribution in [0.25, 0.3) is 33.2 Å². The third-order valence-electron chi connectivity index (χ3n) is 6.66. The van der Waals surface area contributed by atoms with Crippen LogP contribution < -0.4 is 10.9 Å². The van der Waals surface area contributed by atoms with Gasteiger partial charge < -0.3 is 19.7 Å². The number of benzene rings is 1. The maximum atomic E-state index is 13.3. The van der Waals surface area contributed by atoms with E-state index in [1.54, 1.807) is 10.9 Å². The lowest BCUT2D eigenvalue weighted by atomic mass is 9.92. The normalized spacial score (nSPS) is 23.1. The van der Waals surface area contributed by atoms with E-state index in [2.05, 4.69) is 20.4 Å². The van der Waals surface area contributed by atoms with Crippen molar-refractivity contribution in [3.8, 4) is 17.1 Å². The van der Waals surface area contributed by atoms with Gasteiger partial charge in [0, 0.05) is 54.7 Å². The van der Waals surface area contributed by atoms with Crippen LogP contribution in [0.4, 0.5) is 0 Å². The summed E-state index contributed by atoms with van der Waals surface area (Å²) in [5.74, 6) is 0.488. The fraction of sp³-hybridized carbons (Fsp3) is 0.391. The summed E-state index contributed by atoms with van der Waals surface area (Å²) in [5.41, 5.74) is 2.44. The maximum absolute atomic E-state index is 13.3. The molecule has 0 unspecified atom stereocenters. The minimum absolute atomic E-state index is 0.0805. The second-order valence-corrected chi connectivity index (χ2v) is 8.88. The monoisotopic (exact) mass is 432 g/mol. The van der Waals surface area contributed by atoms with Gasteiger partial charge in [0.1, 0.15) is 5.75 Å². The molecule has 1 aromatic carbocycles. The van der Waals surface area contributed by atoms with Gasteiger partial charge in [-0.05, 0) is 31.9 Å². The largest absolute Gasteiger partial charge is 0.507 e. The quantitative estimate of drug-likeness (QED) is 0.499. The number of piperidine rings is 1. The lowest BCUT2D eigenvalue weighted by Crippen LogP contribution is -2.54. The molecule has 2 N–H and O–H groups in total. The van der Waals surface area contributed by atoms with Crippen molar-refractivity contribution in [3.05, 3.63) is 46.6 Å². The number of ether oxygens (including phenoxy) is 1. The van der Waals surface area contributed by atoms with Crippen molar-refractivity contribution < 1.29 is 9.84 Å². The maximum Gasteiger partial charge on any atom is 0.261 e. The number of pyridine rings is 1. The molecule has 2 saturated heterocycles. The van der Waals surface area contributed by atoms with Crippen molar-refractivity contribution >= 4 is 21.8 Å². The van der Waals surface area contributed by atoms with Gasteiger partial charge in [-0.25, -0.2) is 9.97 Å². The first-order valence-electron chi connectivity index (χ1n) is 10.9. The summed E-state index contributed by atoms with van der Waals surface area (Å²) in [6.07, 6.45) is 7.02. The SMILES string of the molecule is Cc1c(O)c(-c2ncc3c(=O)n([C@H]4C[C@H]5COC[C@@H](C4)N5)ccc3n2)cc2cn(C)nc12. The minimum Gasteiger partial charge on any atom is -0.507 e. The van der Waals surface area contributed by atoms with Crippen molar-refractivity contribution in [1.82, 2.24) is 29.6 Å². The number of rotatable bonds is 2. The number of phenolic OH excluding ortho intramolecular Hbond substituents is 1. The molecule has 2 aliphatic rings. The second kappa shape index (κ2) is 7.11. The standard InChI is InChI=1S/C23H24N6O3/c1-12-20-13(9-28(2)27-20)5-17(21(12)30)22-24-8-18-19(26-22)3-4-29(23(18)31)16-6-14-10-32-11-15(7-16)25-14/h3-5,8-9,14-16,25,30H,6-7,10-11H2,1-2H3/t14-,15+,16-. The highest BCUT2D eigenvalue weighted by atomic mass is 16.5. The van der Waals surface area contributed by atoms with Crippen LogP contribution in [0, 0.1) is 6.92 Å². The van der Waals surface area contributed by atoms with Crippen molar-refractivity contribution in [2.45, 2.75) is 37.9 Å². The van der Waals surface area contributed by atoms with E-state index in [4.69, 9.17) is 4.74 Å². The predicted molar refractivity (Wildman–Crippen MR) is 120 cm³/mol. The van der Waals surface area contributed by atoms with E-state index in [1.165, 1.54) is 0 Å². The van der Waals surface area contributed by atoms with Gasteiger partial charge in [-0.15, -0.1) is 0 Å². The number of aromatic hydroxyl groups is 1. The smallest absolute Gasteiger partial charge is 0.261 e. The summed E-state index contributed by atoms with van der Waals surface area (Å²) < 4.78 is 9.16. The molecule has 0 amide bonds. The first-order valence-corrected chi connectivity index (χ1v) is 10.9. The summed E-state index contributed by atoms with van der Waals surface area (Å²) >= 11 is 0. The van der Waals surface area contributed by atoms with Crippen LogP contribution >= 0.6 is 0 Å². The van der Waals surface area contributed by atoms with Crippen LogP contribution in [0.5, 0.6) is 5.75 Å². The molecule has 5 heterocycles. The average molecular weight is 432 g/mol. The fourth-order valence-electron chi connectivity index (χ4n) is 5.11. The van der Waals surface area contributed by atoms with E-state index in [-0.39, 0.29) is 29.4 Å². The van der Waals surface area contributed by atoms with Crippen LogP contribution in [0.3, 0.4) is 0 Å². The van der Waals surface area contributed by atoms with Crippen molar-refractivity contribution in [2.75, 3.05) is 13.2 Å². The third-order valence-corrected chi connectivity index (χ3v) is 6.66. The van der Waals surface area contributed by atoms with Gasteiger partial charge in [-0.3, -0.25) is 9.48 Å². The number of nitrogens with zero attached hydrogens (tertiary/aromatic N) is 5. The molecule has 3 aromatic heterocycles. The van der Waals surface area contributed by atoms with Crippen LogP contribution in [-0.4, -0.2) is 54.7 Å².